The smallest absolute Gasteiger partial charge is 0.00722 e. The topological polar surface area (TPSA) is 0 Å². The summed E-state index contributed by atoms with van der Waals surface area (Å²) in [6.07, 6.45) is 0. The second-order valence-corrected chi connectivity index (χ2v) is 7.50. The first-order chi connectivity index (χ1) is 9.45. The highest BCUT2D eigenvalue weighted by Gasteiger charge is 1.95. The van der Waals surface area contributed by atoms with Crippen molar-refractivity contribution >= 4 is 35.3 Å². The first-order valence-corrected chi connectivity index (χ1v) is 9.51. The van der Waals surface area contributed by atoms with E-state index < -0.39 is 0 Å². The molecule has 0 aliphatic carbocycles. The van der Waals surface area contributed by atoms with E-state index in [1.165, 1.54) is 32.8 Å². The minimum Gasteiger partial charge on any atom is -0.160 e. The van der Waals surface area contributed by atoms with Gasteiger partial charge in [-0.05, 0) is 24.3 Å². The van der Waals surface area contributed by atoms with Gasteiger partial charge in [0, 0.05) is 32.8 Å². The summed E-state index contributed by atoms with van der Waals surface area (Å²) in [7, 11) is 0. The van der Waals surface area contributed by atoms with Gasteiger partial charge in [0.1, 0.15) is 0 Å². The minimum absolute atomic E-state index is 1.20. The monoisotopic (exact) mass is 306 g/mol. The highest BCUT2D eigenvalue weighted by atomic mass is 32.2. The van der Waals surface area contributed by atoms with E-state index in [1.54, 1.807) is 0 Å². The fourth-order valence-electron chi connectivity index (χ4n) is 1.57. The Hall–Kier alpha value is -0.510. The zero-order valence-corrected chi connectivity index (χ0v) is 13.3. The summed E-state index contributed by atoms with van der Waals surface area (Å²) in [5.74, 6) is 4.86. The van der Waals surface area contributed by atoms with Gasteiger partial charge in [-0.25, -0.2) is 0 Å². The Bertz CT molecular complexity index is 399. The molecular formula is C16H18S3. The van der Waals surface area contributed by atoms with Crippen molar-refractivity contribution in [3.63, 3.8) is 0 Å². The number of benzene rings is 2. The molecule has 0 saturated carbocycles. The van der Waals surface area contributed by atoms with Gasteiger partial charge in [0.05, 0.1) is 0 Å². The Morgan fingerprint density at radius 1 is 0.526 bits per heavy atom. The molecule has 100 valence electrons. The molecule has 0 saturated heterocycles. The second-order valence-electron chi connectivity index (χ2n) is 3.94. The Morgan fingerprint density at radius 3 is 1.37 bits per heavy atom. The van der Waals surface area contributed by atoms with E-state index in [0.29, 0.717) is 0 Å². The summed E-state index contributed by atoms with van der Waals surface area (Å²) in [4.78, 5) is 2.75. The van der Waals surface area contributed by atoms with Crippen molar-refractivity contribution in [2.75, 3.05) is 23.0 Å². The molecule has 19 heavy (non-hydrogen) atoms. The Morgan fingerprint density at radius 2 is 0.947 bits per heavy atom. The molecule has 0 atom stereocenters. The van der Waals surface area contributed by atoms with Gasteiger partial charge >= 0.3 is 0 Å². The molecule has 0 spiro atoms. The molecule has 0 aliphatic heterocycles. The molecule has 0 amide bonds. The van der Waals surface area contributed by atoms with Crippen molar-refractivity contribution < 1.29 is 0 Å². The lowest BCUT2D eigenvalue weighted by Crippen LogP contribution is -1.89. The van der Waals surface area contributed by atoms with Crippen molar-refractivity contribution in [2.24, 2.45) is 0 Å². The largest absolute Gasteiger partial charge is 0.160 e. The third-order valence-corrected chi connectivity index (χ3v) is 6.01. The van der Waals surface area contributed by atoms with E-state index in [2.05, 4.69) is 72.4 Å². The lowest BCUT2D eigenvalue weighted by atomic mass is 10.4. The van der Waals surface area contributed by atoms with Gasteiger partial charge in [-0.15, -0.1) is 23.5 Å². The van der Waals surface area contributed by atoms with Crippen LogP contribution in [0.2, 0.25) is 0 Å². The molecule has 0 bridgehead atoms. The van der Waals surface area contributed by atoms with Crippen LogP contribution in [0.25, 0.3) is 0 Å². The van der Waals surface area contributed by atoms with Gasteiger partial charge in [-0.2, -0.15) is 11.8 Å². The molecule has 0 radical (unpaired) electrons. The maximum Gasteiger partial charge on any atom is 0.00722 e. The van der Waals surface area contributed by atoms with Crippen molar-refractivity contribution in [1.29, 1.82) is 0 Å². The fraction of sp³-hybridized carbons (Fsp3) is 0.250. The average molecular weight is 307 g/mol. The van der Waals surface area contributed by atoms with Crippen LogP contribution in [0.5, 0.6) is 0 Å². The van der Waals surface area contributed by atoms with E-state index in [-0.39, 0.29) is 0 Å². The molecule has 2 aromatic rings. The minimum atomic E-state index is 1.20. The Kier molecular flexibility index (Phi) is 7.37. The highest BCUT2D eigenvalue weighted by Crippen LogP contribution is 2.21. The fourth-order valence-corrected chi connectivity index (χ4v) is 4.56. The van der Waals surface area contributed by atoms with Gasteiger partial charge in [0.25, 0.3) is 0 Å². The van der Waals surface area contributed by atoms with Gasteiger partial charge in [-0.3, -0.25) is 0 Å². The van der Waals surface area contributed by atoms with E-state index in [1.807, 2.05) is 23.5 Å². The van der Waals surface area contributed by atoms with Crippen LogP contribution in [0.3, 0.4) is 0 Å². The summed E-state index contributed by atoms with van der Waals surface area (Å²) in [6.45, 7) is 0. The predicted octanol–water partition coefficient (Wildman–Crippen LogP) is 5.30. The number of thioether (sulfide) groups is 3. The summed E-state index contributed by atoms with van der Waals surface area (Å²) in [5.41, 5.74) is 0. The van der Waals surface area contributed by atoms with Crippen molar-refractivity contribution in [1.82, 2.24) is 0 Å². The van der Waals surface area contributed by atoms with Crippen LogP contribution in [-0.4, -0.2) is 23.0 Å². The summed E-state index contributed by atoms with van der Waals surface area (Å²) in [5, 5.41) is 0. The standard InChI is InChI=1S/C16H18S3/c1-3-7-15(8-4-1)18-13-11-17-12-14-19-16-9-5-2-6-10-16/h1-10H,11-14H2. The van der Waals surface area contributed by atoms with E-state index >= 15 is 0 Å². The van der Waals surface area contributed by atoms with Crippen molar-refractivity contribution in [3.05, 3.63) is 60.7 Å². The van der Waals surface area contributed by atoms with Crippen molar-refractivity contribution in [3.8, 4) is 0 Å². The normalized spacial score (nSPS) is 10.5. The zero-order chi connectivity index (χ0) is 13.2. The first kappa shape index (κ1) is 14.9. The van der Waals surface area contributed by atoms with Crippen LogP contribution in [0.15, 0.2) is 70.5 Å². The van der Waals surface area contributed by atoms with Gasteiger partial charge in [0.2, 0.25) is 0 Å². The third-order valence-electron chi connectivity index (χ3n) is 2.48. The maximum absolute atomic E-state index is 2.18. The lowest BCUT2D eigenvalue weighted by Gasteiger charge is -2.03. The average Bonchev–Trinajstić information content (AvgIpc) is 2.48. The van der Waals surface area contributed by atoms with Gasteiger partial charge < -0.3 is 0 Å². The third kappa shape index (κ3) is 6.46. The summed E-state index contributed by atoms with van der Waals surface area (Å²) < 4.78 is 0. The van der Waals surface area contributed by atoms with Crippen LogP contribution >= 0.6 is 35.3 Å². The molecule has 0 aliphatic rings. The number of rotatable bonds is 8. The molecule has 2 rings (SSSR count). The molecule has 0 N–H and O–H groups in total. The predicted molar refractivity (Wildman–Crippen MR) is 91.7 cm³/mol. The quantitative estimate of drug-likeness (QED) is 0.479. The molecule has 0 fully saturated rings. The second kappa shape index (κ2) is 9.40. The highest BCUT2D eigenvalue weighted by molar-refractivity contribution is 8.04. The summed E-state index contributed by atoms with van der Waals surface area (Å²) in [6, 6.07) is 21.3. The van der Waals surface area contributed by atoms with E-state index in [9.17, 15) is 0 Å². The lowest BCUT2D eigenvalue weighted by molar-refractivity contribution is 1.42. The molecule has 0 nitrogen and oxygen atoms in total. The molecular weight excluding hydrogens is 288 g/mol. The van der Waals surface area contributed by atoms with Crippen LogP contribution in [0, 0.1) is 0 Å². The van der Waals surface area contributed by atoms with Crippen LogP contribution in [-0.2, 0) is 0 Å². The molecule has 2 aromatic carbocycles. The van der Waals surface area contributed by atoms with Gasteiger partial charge in [-0.1, -0.05) is 36.4 Å². The SMILES string of the molecule is c1ccc(SCCSCCSc2ccccc2)cc1. The maximum atomic E-state index is 2.18. The Balaban J connectivity index is 1.49. The first-order valence-electron chi connectivity index (χ1n) is 6.38. The summed E-state index contributed by atoms with van der Waals surface area (Å²) >= 11 is 5.94. The van der Waals surface area contributed by atoms with E-state index in [0.717, 1.165) is 0 Å². The number of hydrogen-bond acceptors (Lipinski definition) is 3. The van der Waals surface area contributed by atoms with Crippen LogP contribution in [0.4, 0.5) is 0 Å². The molecule has 3 heteroatoms. The molecule has 0 unspecified atom stereocenters. The van der Waals surface area contributed by atoms with E-state index in [4.69, 9.17) is 0 Å². The molecule has 0 aromatic heterocycles. The zero-order valence-electron chi connectivity index (χ0n) is 10.8. The molecule has 0 heterocycles. The van der Waals surface area contributed by atoms with Crippen molar-refractivity contribution in [2.45, 2.75) is 9.79 Å². The van der Waals surface area contributed by atoms with Gasteiger partial charge in [0.15, 0.2) is 0 Å². The Labute approximate surface area is 128 Å². The number of hydrogen-bond donors (Lipinski definition) is 0. The van der Waals surface area contributed by atoms with Crippen LogP contribution < -0.4 is 0 Å². The van der Waals surface area contributed by atoms with Crippen LogP contribution in [0.1, 0.15) is 0 Å².